The summed E-state index contributed by atoms with van der Waals surface area (Å²) in [6.45, 7) is 13.5. The highest BCUT2D eigenvalue weighted by atomic mass is 16.5. The Hall–Kier alpha value is -4.07. The van der Waals surface area contributed by atoms with E-state index in [1.54, 1.807) is 0 Å². The molecule has 0 radical (unpaired) electrons. The predicted molar refractivity (Wildman–Crippen MR) is 169 cm³/mol. The van der Waals surface area contributed by atoms with Gasteiger partial charge in [0.1, 0.15) is 18.0 Å². The molecule has 2 aliphatic rings. The molecule has 0 aromatic heterocycles. The number of aliphatic carboxylic acids is 2. The van der Waals surface area contributed by atoms with Gasteiger partial charge in [-0.05, 0) is 68.7 Å². The van der Waals surface area contributed by atoms with Crippen LogP contribution in [0.25, 0.3) is 0 Å². The van der Waals surface area contributed by atoms with Gasteiger partial charge in [-0.25, -0.2) is 4.79 Å². The topological polar surface area (TPSA) is 99.3 Å². The zero-order chi connectivity index (χ0) is 31.4. The molecule has 0 saturated carbocycles. The average Bonchev–Trinajstić information content (AvgIpc) is 3.27. The summed E-state index contributed by atoms with van der Waals surface area (Å²) in [5, 5.41) is 19.5. The Balaban J connectivity index is 1.71. The molecule has 0 unspecified atom stereocenters. The van der Waals surface area contributed by atoms with E-state index in [2.05, 4.69) is 41.5 Å². The molecule has 0 spiro atoms. The van der Waals surface area contributed by atoms with Crippen LogP contribution in [0.4, 0.5) is 11.4 Å². The monoisotopic (exact) mass is 589 g/mol. The van der Waals surface area contributed by atoms with E-state index in [4.69, 9.17) is 9.47 Å². The molecule has 8 heteroatoms. The maximum atomic E-state index is 11.9. The van der Waals surface area contributed by atoms with Gasteiger partial charge in [0.2, 0.25) is 12.2 Å². The molecular formula is C35H45N2O6+. The van der Waals surface area contributed by atoms with Crippen molar-refractivity contribution < 1.29 is 33.9 Å². The largest absolute Gasteiger partial charge is 0.494 e. The summed E-state index contributed by atoms with van der Waals surface area (Å²) in [5.41, 5.74) is 4.43. The highest BCUT2D eigenvalue weighted by molar-refractivity contribution is 6.03. The third-order valence-electron chi connectivity index (χ3n) is 8.35. The summed E-state index contributed by atoms with van der Waals surface area (Å²) in [5.74, 6) is -0.298. The second-order valence-electron chi connectivity index (χ2n) is 12.3. The molecule has 0 bridgehead atoms. The maximum absolute atomic E-state index is 11.9. The van der Waals surface area contributed by atoms with Gasteiger partial charge in [-0.1, -0.05) is 46.6 Å². The SMILES string of the molecule is CCCCOc1ccc2c(c1)C(C)(C)C(/C=C/C=C1/N(CC(=O)O)c3ccc(OCCCC)cc3C1(C)C)=[N+]2CC(=O)O. The standard InChI is InChI=1S/C35H44N2O6/c1-7-9-18-42-24-14-16-28-26(20-24)34(3,4)30(36(28)22-32(38)39)12-11-13-31-35(5,6)27-21-25(43-19-10-8-2)15-17-29(27)37(31)23-33(40)41/h11-17,20-21H,7-10,18-19,22-23H2,1-6H3,(H-,38,39,40,41)/p+1. The minimum Gasteiger partial charge on any atom is -0.494 e. The Bertz CT molecular complexity index is 1470. The fourth-order valence-electron chi connectivity index (χ4n) is 6.00. The number of benzene rings is 2. The van der Waals surface area contributed by atoms with E-state index in [0.717, 1.165) is 71.1 Å². The van der Waals surface area contributed by atoms with Crippen molar-refractivity contribution in [1.82, 2.24) is 0 Å². The van der Waals surface area contributed by atoms with Crippen molar-refractivity contribution in [2.75, 3.05) is 31.2 Å². The molecule has 2 aliphatic heterocycles. The van der Waals surface area contributed by atoms with Gasteiger partial charge in [0.05, 0.1) is 18.6 Å². The van der Waals surface area contributed by atoms with Crippen molar-refractivity contribution in [2.45, 2.75) is 78.1 Å². The second kappa shape index (κ2) is 13.1. The number of carboxylic acid groups (broad SMARTS) is 2. The molecular weight excluding hydrogens is 544 g/mol. The molecule has 230 valence electrons. The van der Waals surface area contributed by atoms with Crippen LogP contribution < -0.4 is 14.4 Å². The van der Waals surface area contributed by atoms with E-state index >= 15 is 0 Å². The Morgan fingerprint density at radius 3 is 2.05 bits per heavy atom. The van der Waals surface area contributed by atoms with Crippen LogP contribution in [0.15, 0.2) is 60.3 Å². The summed E-state index contributed by atoms with van der Waals surface area (Å²) in [4.78, 5) is 25.7. The van der Waals surface area contributed by atoms with Crippen molar-refractivity contribution in [1.29, 1.82) is 0 Å². The molecule has 0 fully saturated rings. The summed E-state index contributed by atoms with van der Waals surface area (Å²) in [6, 6.07) is 11.7. The van der Waals surface area contributed by atoms with E-state index in [1.165, 1.54) is 0 Å². The van der Waals surface area contributed by atoms with Crippen molar-refractivity contribution in [3.63, 3.8) is 0 Å². The van der Waals surface area contributed by atoms with Crippen LogP contribution in [0.2, 0.25) is 0 Å². The molecule has 0 amide bonds. The molecule has 2 heterocycles. The lowest BCUT2D eigenvalue weighted by Crippen LogP contribution is -2.31. The highest BCUT2D eigenvalue weighted by Gasteiger charge is 2.45. The maximum Gasteiger partial charge on any atom is 0.370 e. The van der Waals surface area contributed by atoms with E-state index < -0.39 is 22.8 Å². The minimum absolute atomic E-state index is 0.175. The number of nitrogens with zero attached hydrogens (tertiary/aromatic N) is 2. The molecule has 2 N–H and O–H groups in total. The van der Waals surface area contributed by atoms with E-state index in [-0.39, 0.29) is 13.1 Å². The van der Waals surface area contributed by atoms with Gasteiger partial charge in [0, 0.05) is 34.5 Å². The van der Waals surface area contributed by atoms with Crippen molar-refractivity contribution in [3.8, 4) is 11.5 Å². The van der Waals surface area contributed by atoms with E-state index in [1.807, 2.05) is 64.1 Å². The van der Waals surface area contributed by atoms with Crippen LogP contribution in [0, 0.1) is 0 Å². The van der Waals surface area contributed by atoms with E-state index in [9.17, 15) is 19.8 Å². The third kappa shape index (κ3) is 6.63. The van der Waals surface area contributed by atoms with E-state index in [0.29, 0.717) is 13.2 Å². The predicted octanol–water partition coefficient (Wildman–Crippen LogP) is 6.83. The molecule has 4 rings (SSSR count). The Labute approximate surface area is 254 Å². The van der Waals surface area contributed by atoms with Crippen molar-refractivity contribution >= 4 is 29.0 Å². The smallest absolute Gasteiger partial charge is 0.370 e. The van der Waals surface area contributed by atoms with Crippen LogP contribution in [-0.4, -0.2) is 58.7 Å². The van der Waals surface area contributed by atoms with Crippen LogP contribution in [0.1, 0.15) is 78.4 Å². The number of carboxylic acids is 2. The third-order valence-corrected chi connectivity index (χ3v) is 8.35. The quantitative estimate of drug-likeness (QED) is 0.184. The number of rotatable bonds is 14. The van der Waals surface area contributed by atoms with Crippen LogP contribution in [0.5, 0.6) is 11.5 Å². The molecule has 43 heavy (non-hydrogen) atoms. The van der Waals surface area contributed by atoms with Gasteiger partial charge in [-0.15, -0.1) is 0 Å². The number of hydrogen-bond donors (Lipinski definition) is 2. The summed E-state index contributed by atoms with van der Waals surface area (Å²) < 4.78 is 13.8. The van der Waals surface area contributed by atoms with Gasteiger partial charge >= 0.3 is 11.9 Å². The van der Waals surface area contributed by atoms with Crippen LogP contribution >= 0.6 is 0 Å². The summed E-state index contributed by atoms with van der Waals surface area (Å²) >= 11 is 0. The number of fused-ring (bicyclic) bond motifs is 2. The Morgan fingerprint density at radius 1 is 0.860 bits per heavy atom. The fraction of sp³-hybridized carbons (Fsp3) is 0.457. The number of unbranched alkanes of at least 4 members (excludes halogenated alkanes) is 2. The normalized spacial score (nSPS) is 17.4. The lowest BCUT2D eigenvalue weighted by atomic mass is 9.81. The van der Waals surface area contributed by atoms with Crippen molar-refractivity contribution in [3.05, 3.63) is 71.5 Å². The lowest BCUT2D eigenvalue weighted by molar-refractivity contribution is -0.428. The van der Waals surface area contributed by atoms with Gasteiger partial charge in [-0.2, -0.15) is 4.58 Å². The number of carbonyl (C=O) groups is 2. The zero-order valence-corrected chi connectivity index (χ0v) is 26.3. The summed E-state index contributed by atoms with van der Waals surface area (Å²) in [7, 11) is 0. The van der Waals surface area contributed by atoms with Gasteiger partial charge < -0.3 is 24.6 Å². The average molecular weight is 590 g/mol. The van der Waals surface area contributed by atoms with Crippen molar-refractivity contribution in [2.24, 2.45) is 0 Å². The summed E-state index contributed by atoms with van der Waals surface area (Å²) in [6.07, 6.45) is 9.82. The number of allylic oxidation sites excluding steroid dienone is 4. The molecule has 0 aliphatic carbocycles. The highest BCUT2D eigenvalue weighted by Crippen LogP contribution is 2.49. The number of hydrogen-bond acceptors (Lipinski definition) is 5. The van der Waals surface area contributed by atoms with Crippen LogP contribution in [-0.2, 0) is 20.4 Å². The first-order valence-corrected chi connectivity index (χ1v) is 15.2. The first kappa shape index (κ1) is 31.9. The van der Waals surface area contributed by atoms with Crippen LogP contribution in [0.3, 0.4) is 0 Å². The zero-order valence-electron chi connectivity index (χ0n) is 26.3. The van der Waals surface area contributed by atoms with Gasteiger partial charge in [0.15, 0.2) is 5.71 Å². The fourth-order valence-corrected chi connectivity index (χ4v) is 6.00. The van der Waals surface area contributed by atoms with Gasteiger partial charge in [0.25, 0.3) is 0 Å². The first-order valence-electron chi connectivity index (χ1n) is 15.2. The van der Waals surface area contributed by atoms with Gasteiger partial charge in [-0.3, -0.25) is 4.79 Å². The molecule has 0 atom stereocenters. The number of ether oxygens (including phenoxy) is 2. The molecule has 2 aromatic carbocycles. The Kier molecular flexibility index (Phi) is 9.68. The molecule has 0 saturated heterocycles. The first-order chi connectivity index (χ1) is 20.4. The molecule has 2 aromatic rings. The molecule has 8 nitrogen and oxygen atoms in total. The number of anilines is 1. The minimum atomic E-state index is -0.923. The lowest BCUT2D eigenvalue weighted by Gasteiger charge is -2.25. The Morgan fingerprint density at radius 2 is 1.47 bits per heavy atom. The second-order valence-corrected chi connectivity index (χ2v) is 12.3.